The van der Waals surface area contributed by atoms with Gasteiger partial charge in [0.05, 0.1) is 11.2 Å². The molecule has 1 aliphatic heterocycles. The minimum absolute atomic E-state index is 0.516. The predicted octanol–water partition coefficient (Wildman–Crippen LogP) is 6.02. The molecule has 0 atom stereocenters. The SMILES string of the molecule is Clc1ccc(Nc2nc3cc(C4=NN=NC4)ccc3c3cscc23)cc1. The summed E-state index contributed by atoms with van der Waals surface area (Å²) >= 11 is 7.65. The summed E-state index contributed by atoms with van der Waals surface area (Å²) in [4.78, 5) is 4.87. The van der Waals surface area contributed by atoms with Crippen LogP contribution in [0, 0.1) is 0 Å². The summed E-state index contributed by atoms with van der Waals surface area (Å²) in [6, 6.07) is 13.8. The zero-order valence-corrected chi connectivity index (χ0v) is 15.1. The Kier molecular flexibility index (Phi) is 3.65. The molecule has 1 N–H and O–H groups in total. The summed E-state index contributed by atoms with van der Waals surface area (Å²) in [5.74, 6) is 0.830. The van der Waals surface area contributed by atoms with Crippen LogP contribution in [-0.2, 0) is 0 Å². The van der Waals surface area contributed by atoms with Crippen LogP contribution in [-0.4, -0.2) is 17.2 Å². The maximum atomic E-state index is 5.98. The minimum Gasteiger partial charge on any atom is -0.340 e. The van der Waals surface area contributed by atoms with Crippen molar-refractivity contribution in [2.75, 3.05) is 11.9 Å². The molecule has 2 aromatic carbocycles. The number of hydrogen-bond acceptors (Lipinski definition) is 6. The van der Waals surface area contributed by atoms with E-state index in [1.807, 2.05) is 24.3 Å². The lowest BCUT2D eigenvalue weighted by Crippen LogP contribution is -2.02. The van der Waals surface area contributed by atoms with Crippen molar-refractivity contribution in [3.8, 4) is 0 Å². The second-order valence-electron chi connectivity index (χ2n) is 5.96. The summed E-state index contributed by atoms with van der Waals surface area (Å²) in [5.41, 5.74) is 3.73. The van der Waals surface area contributed by atoms with Gasteiger partial charge < -0.3 is 5.32 Å². The third-order valence-electron chi connectivity index (χ3n) is 4.33. The molecular weight excluding hydrogens is 366 g/mol. The van der Waals surface area contributed by atoms with Crippen LogP contribution in [0.3, 0.4) is 0 Å². The van der Waals surface area contributed by atoms with E-state index in [-0.39, 0.29) is 0 Å². The van der Waals surface area contributed by atoms with Crippen molar-refractivity contribution < 1.29 is 0 Å². The van der Waals surface area contributed by atoms with Crippen LogP contribution in [0.5, 0.6) is 0 Å². The Morgan fingerprint density at radius 3 is 2.62 bits per heavy atom. The lowest BCUT2D eigenvalue weighted by molar-refractivity contribution is 1.06. The lowest BCUT2D eigenvalue weighted by Gasteiger charge is -2.10. The van der Waals surface area contributed by atoms with Gasteiger partial charge in [0.2, 0.25) is 0 Å². The summed E-state index contributed by atoms with van der Waals surface area (Å²) in [6.07, 6.45) is 0. The molecule has 5 rings (SSSR count). The van der Waals surface area contributed by atoms with E-state index in [0.717, 1.165) is 39.1 Å². The van der Waals surface area contributed by atoms with E-state index in [1.165, 1.54) is 5.39 Å². The summed E-state index contributed by atoms with van der Waals surface area (Å²) in [5, 5.41) is 23.5. The molecule has 26 heavy (non-hydrogen) atoms. The Labute approximate surface area is 158 Å². The fourth-order valence-electron chi connectivity index (χ4n) is 3.03. The molecule has 0 aliphatic carbocycles. The molecular formula is C19H12ClN5S. The Morgan fingerprint density at radius 1 is 0.962 bits per heavy atom. The number of anilines is 2. The van der Waals surface area contributed by atoms with Crippen molar-refractivity contribution in [3.63, 3.8) is 0 Å². The maximum absolute atomic E-state index is 5.98. The fourth-order valence-corrected chi connectivity index (χ4v) is 3.99. The van der Waals surface area contributed by atoms with Gasteiger partial charge in [-0.3, -0.25) is 0 Å². The van der Waals surface area contributed by atoms with Gasteiger partial charge in [-0.05, 0) is 40.9 Å². The van der Waals surface area contributed by atoms with Gasteiger partial charge >= 0.3 is 0 Å². The van der Waals surface area contributed by atoms with Crippen LogP contribution in [0.4, 0.5) is 11.5 Å². The van der Waals surface area contributed by atoms with Crippen molar-refractivity contribution >= 4 is 61.8 Å². The van der Waals surface area contributed by atoms with E-state index in [9.17, 15) is 0 Å². The molecule has 2 aromatic heterocycles. The number of nitrogens with one attached hydrogen (secondary N) is 1. The molecule has 126 valence electrons. The van der Waals surface area contributed by atoms with E-state index in [0.29, 0.717) is 11.6 Å². The molecule has 5 nitrogen and oxygen atoms in total. The van der Waals surface area contributed by atoms with Crippen molar-refractivity contribution in [2.24, 2.45) is 15.4 Å². The van der Waals surface area contributed by atoms with Crippen LogP contribution in [0.2, 0.25) is 5.02 Å². The first kappa shape index (κ1) is 15.4. The molecule has 0 unspecified atom stereocenters. The van der Waals surface area contributed by atoms with Gasteiger partial charge in [0.1, 0.15) is 12.4 Å². The minimum atomic E-state index is 0.516. The average Bonchev–Trinajstić information content (AvgIpc) is 3.35. The van der Waals surface area contributed by atoms with E-state index in [2.05, 4.69) is 49.7 Å². The van der Waals surface area contributed by atoms with Gasteiger partial charge in [0.15, 0.2) is 0 Å². The predicted molar refractivity (Wildman–Crippen MR) is 108 cm³/mol. The topological polar surface area (TPSA) is 62.0 Å². The number of rotatable bonds is 3. The van der Waals surface area contributed by atoms with Crippen molar-refractivity contribution in [1.29, 1.82) is 0 Å². The Bertz CT molecular complexity index is 1190. The fraction of sp³-hybridized carbons (Fsp3) is 0.0526. The molecule has 4 aromatic rings. The van der Waals surface area contributed by atoms with Crippen LogP contribution in [0.15, 0.2) is 68.7 Å². The highest BCUT2D eigenvalue weighted by Gasteiger charge is 2.13. The lowest BCUT2D eigenvalue weighted by atomic mass is 10.0. The molecule has 7 heteroatoms. The molecule has 0 saturated heterocycles. The number of halogens is 1. The van der Waals surface area contributed by atoms with Crippen LogP contribution >= 0.6 is 22.9 Å². The second kappa shape index (κ2) is 6.16. The highest BCUT2D eigenvalue weighted by molar-refractivity contribution is 7.09. The molecule has 0 amide bonds. The normalized spacial score (nSPS) is 13.5. The highest BCUT2D eigenvalue weighted by Crippen LogP contribution is 2.34. The zero-order chi connectivity index (χ0) is 17.5. The molecule has 1 aliphatic rings. The zero-order valence-electron chi connectivity index (χ0n) is 13.5. The molecule has 0 radical (unpaired) electrons. The Balaban J connectivity index is 1.65. The van der Waals surface area contributed by atoms with Crippen molar-refractivity contribution in [3.05, 3.63) is 63.8 Å². The molecule has 0 bridgehead atoms. The third-order valence-corrected chi connectivity index (χ3v) is 5.32. The quantitative estimate of drug-likeness (QED) is 0.474. The number of fused-ring (bicyclic) bond motifs is 3. The third kappa shape index (κ3) is 2.64. The van der Waals surface area contributed by atoms with Gasteiger partial charge in [-0.15, -0.1) is 5.10 Å². The number of aromatic nitrogens is 1. The average molecular weight is 378 g/mol. The highest BCUT2D eigenvalue weighted by atomic mass is 35.5. The number of thiophene rings is 1. The monoisotopic (exact) mass is 377 g/mol. The summed E-state index contributed by atoms with van der Waals surface area (Å²) in [7, 11) is 0. The van der Waals surface area contributed by atoms with Crippen LogP contribution in [0.1, 0.15) is 5.56 Å². The van der Waals surface area contributed by atoms with Gasteiger partial charge in [0.25, 0.3) is 0 Å². The second-order valence-corrected chi connectivity index (χ2v) is 7.14. The van der Waals surface area contributed by atoms with Crippen molar-refractivity contribution in [1.82, 2.24) is 4.98 Å². The number of nitrogens with zero attached hydrogens (tertiary/aromatic N) is 4. The van der Waals surface area contributed by atoms with Crippen LogP contribution in [0.25, 0.3) is 21.7 Å². The first-order chi connectivity index (χ1) is 12.8. The number of pyridine rings is 1. The van der Waals surface area contributed by atoms with E-state index in [4.69, 9.17) is 16.6 Å². The largest absolute Gasteiger partial charge is 0.340 e. The smallest absolute Gasteiger partial charge is 0.139 e. The number of hydrogen-bond donors (Lipinski definition) is 1. The molecule has 0 spiro atoms. The van der Waals surface area contributed by atoms with Gasteiger partial charge in [0, 0.05) is 37.8 Å². The van der Waals surface area contributed by atoms with Crippen LogP contribution < -0.4 is 5.32 Å². The standard InChI is InChI=1S/C19H12ClN5S/c20-12-2-4-13(5-3-12)22-19-16-10-26-9-15(16)14-6-1-11(7-17(14)23-19)18-8-21-25-24-18/h1-7,9-10H,8H2,(H,22,23). The van der Waals surface area contributed by atoms with E-state index in [1.54, 1.807) is 11.3 Å². The summed E-state index contributed by atoms with van der Waals surface area (Å²) in [6.45, 7) is 0.516. The first-order valence-corrected chi connectivity index (χ1v) is 9.36. The van der Waals surface area contributed by atoms with E-state index >= 15 is 0 Å². The maximum Gasteiger partial charge on any atom is 0.139 e. The molecule has 3 heterocycles. The van der Waals surface area contributed by atoms with E-state index < -0.39 is 0 Å². The van der Waals surface area contributed by atoms with Crippen molar-refractivity contribution in [2.45, 2.75) is 0 Å². The Hall–Kier alpha value is -2.83. The Morgan fingerprint density at radius 2 is 1.81 bits per heavy atom. The summed E-state index contributed by atoms with van der Waals surface area (Å²) < 4.78 is 0. The van der Waals surface area contributed by atoms with Gasteiger partial charge in [-0.1, -0.05) is 23.7 Å². The first-order valence-electron chi connectivity index (χ1n) is 8.04. The number of benzene rings is 2. The van der Waals surface area contributed by atoms with Gasteiger partial charge in [-0.2, -0.15) is 16.5 Å². The molecule has 0 saturated carbocycles. The van der Waals surface area contributed by atoms with Gasteiger partial charge in [-0.25, -0.2) is 4.98 Å². The molecule has 0 fully saturated rings.